The van der Waals surface area contributed by atoms with E-state index in [9.17, 15) is 10.1 Å². The number of allylic oxidation sites excluding steroid dienone is 1. The van der Waals surface area contributed by atoms with Gasteiger partial charge < -0.3 is 4.74 Å². The van der Waals surface area contributed by atoms with Crippen LogP contribution < -0.4 is 0 Å². The lowest BCUT2D eigenvalue weighted by Gasteiger charge is -2.30. The van der Waals surface area contributed by atoms with Crippen LogP contribution in [0.2, 0.25) is 5.02 Å². The highest BCUT2D eigenvalue weighted by Crippen LogP contribution is 2.41. The zero-order chi connectivity index (χ0) is 17.7. The lowest BCUT2D eigenvalue weighted by atomic mass is 9.77. The highest BCUT2D eigenvalue weighted by Gasteiger charge is 2.40. The van der Waals surface area contributed by atoms with Crippen LogP contribution >= 0.6 is 23.4 Å². The topological polar surface area (TPSA) is 62.4 Å². The number of halogens is 1. The highest BCUT2D eigenvalue weighted by atomic mass is 35.5. The minimum Gasteiger partial charge on any atom is -0.461 e. The van der Waals surface area contributed by atoms with Gasteiger partial charge in [-0.05, 0) is 30.9 Å². The van der Waals surface area contributed by atoms with Crippen molar-refractivity contribution in [3.63, 3.8) is 0 Å². The summed E-state index contributed by atoms with van der Waals surface area (Å²) in [5.41, 5.74) is 1.93. The zero-order valence-electron chi connectivity index (χ0n) is 13.5. The molecule has 1 unspecified atom stereocenters. The molecule has 2 rings (SSSR count). The minimum atomic E-state index is -0.642. The Morgan fingerprint density at radius 2 is 2.17 bits per heavy atom. The monoisotopic (exact) mass is 360 g/mol. The van der Waals surface area contributed by atoms with Crippen molar-refractivity contribution >= 4 is 35.0 Å². The summed E-state index contributed by atoms with van der Waals surface area (Å²) in [7, 11) is 0. The molecule has 0 amide bonds. The van der Waals surface area contributed by atoms with Crippen molar-refractivity contribution in [2.24, 2.45) is 10.9 Å². The van der Waals surface area contributed by atoms with Crippen LogP contribution in [0.15, 0.2) is 52.5 Å². The van der Waals surface area contributed by atoms with Crippen LogP contribution in [0.4, 0.5) is 0 Å². The Morgan fingerprint density at radius 3 is 2.71 bits per heavy atom. The molecule has 0 radical (unpaired) electrons. The molecule has 0 saturated carbocycles. The Kier molecular flexibility index (Phi) is 6.24. The molecule has 1 aliphatic rings. The van der Waals surface area contributed by atoms with E-state index >= 15 is 0 Å². The third-order valence-electron chi connectivity index (χ3n) is 3.74. The number of ether oxygens (including phenoxy) is 1. The first-order chi connectivity index (χ1) is 11.5. The van der Waals surface area contributed by atoms with Crippen LogP contribution in [0, 0.1) is 17.2 Å². The average Bonchev–Trinajstić information content (AvgIpc) is 2.59. The van der Waals surface area contributed by atoms with Crippen molar-refractivity contribution in [1.82, 2.24) is 0 Å². The number of rotatable bonds is 5. The summed E-state index contributed by atoms with van der Waals surface area (Å²) in [6.45, 7) is 5.46. The van der Waals surface area contributed by atoms with Gasteiger partial charge in [-0.1, -0.05) is 36.4 Å². The normalized spacial score (nSPS) is 20.2. The summed E-state index contributed by atoms with van der Waals surface area (Å²) in [5, 5.41) is 10.9. The first-order valence-corrected chi connectivity index (χ1v) is 8.90. The largest absolute Gasteiger partial charge is 0.461 e. The molecule has 1 aromatic rings. The molecule has 124 valence electrons. The van der Waals surface area contributed by atoms with Crippen LogP contribution in [-0.2, 0) is 9.53 Å². The van der Waals surface area contributed by atoms with Crippen molar-refractivity contribution in [2.75, 3.05) is 12.9 Å². The van der Waals surface area contributed by atoms with Crippen LogP contribution in [0.1, 0.15) is 18.4 Å². The van der Waals surface area contributed by atoms with Gasteiger partial charge in [0.1, 0.15) is 17.6 Å². The van der Waals surface area contributed by atoms with Gasteiger partial charge in [-0.2, -0.15) is 5.26 Å². The fourth-order valence-corrected chi connectivity index (χ4v) is 3.42. The number of benzene rings is 1. The van der Waals surface area contributed by atoms with E-state index in [2.05, 4.69) is 17.6 Å². The van der Waals surface area contributed by atoms with Crippen molar-refractivity contribution < 1.29 is 9.53 Å². The number of thioether (sulfide) groups is 1. The molecule has 2 atom stereocenters. The molecular weight excluding hydrogens is 344 g/mol. The third-order valence-corrected chi connectivity index (χ3v) is 4.69. The zero-order valence-corrected chi connectivity index (χ0v) is 15.0. The van der Waals surface area contributed by atoms with Crippen molar-refractivity contribution in [3.8, 4) is 6.07 Å². The number of carbonyl (C=O) groups excluding carboxylic acids is 1. The maximum atomic E-state index is 12.6. The van der Waals surface area contributed by atoms with E-state index < -0.39 is 17.8 Å². The molecule has 4 nitrogen and oxygen atoms in total. The SMILES string of the molecule is C=CCOC(=O)C1C(C)=NC(SC)=C(C#N)[C@@H]1c1ccc(Cl)cc1. The van der Waals surface area contributed by atoms with E-state index in [-0.39, 0.29) is 6.61 Å². The summed E-state index contributed by atoms with van der Waals surface area (Å²) in [4.78, 5) is 17.0. The Labute approximate surface area is 150 Å². The Balaban J connectivity index is 2.55. The maximum Gasteiger partial charge on any atom is 0.315 e. The number of aliphatic imine (C=N–C) groups is 1. The number of nitrogens with zero attached hydrogens (tertiary/aromatic N) is 2. The fraction of sp³-hybridized carbons (Fsp3) is 0.278. The number of hydrogen-bond donors (Lipinski definition) is 0. The second-order valence-electron chi connectivity index (χ2n) is 5.21. The van der Waals surface area contributed by atoms with Gasteiger partial charge in [0, 0.05) is 16.7 Å². The molecule has 1 heterocycles. The van der Waals surface area contributed by atoms with Gasteiger partial charge in [0.2, 0.25) is 0 Å². The molecule has 0 spiro atoms. The quantitative estimate of drug-likeness (QED) is 0.578. The maximum absolute atomic E-state index is 12.6. The number of esters is 1. The van der Waals surface area contributed by atoms with Gasteiger partial charge in [-0.25, -0.2) is 4.99 Å². The first-order valence-electron chi connectivity index (χ1n) is 7.29. The minimum absolute atomic E-state index is 0.122. The molecule has 1 aliphatic heterocycles. The van der Waals surface area contributed by atoms with Crippen LogP contribution in [0.5, 0.6) is 0 Å². The third kappa shape index (κ3) is 3.72. The van der Waals surface area contributed by atoms with Gasteiger partial charge in [0.25, 0.3) is 0 Å². The Bertz CT molecular complexity index is 747. The fourth-order valence-electron chi connectivity index (χ4n) is 2.67. The van der Waals surface area contributed by atoms with E-state index in [0.29, 0.717) is 21.3 Å². The summed E-state index contributed by atoms with van der Waals surface area (Å²) in [5.74, 6) is -1.50. The van der Waals surface area contributed by atoms with Crippen LogP contribution in [-0.4, -0.2) is 24.5 Å². The number of nitriles is 1. The molecule has 1 aromatic carbocycles. The predicted octanol–water partition coefficient (Wildman–Crippen LogP) is 4.34. The second-order valence-corrected chi connectivity index (χ2v) is 6.44. The molecule has 24 heavy (non-hydrogen) atoms. The van der Waals surface area contributed by atoms with E-state index in [1.807, 2.05) is 18.4 Å². The van der Waals surface area contributed by atoms with Gasteiger partial charge >= 0.3 is 5.97 Å². The molecule has 0 fully saturated rings. The van der Waals surface area contributed by atoms with Gasteiger partial charge in [0.05, 0.1) is 11.6 Å². The predicted molar refractivity (Wildman–Crippen MR) is 98.1 cm³/mol. The molecule has 0 N–H and O–H groups in total. The molecule has 0 bridgehead atoms. The second kappa shape index (κ2) is 8.18. The standard InChI is InChI=1S/C18H17ClN2O2S/c1-4-9-23-18(22)15-11(2)21-17(24-3)14(10-20)16(15)12-5-7-13(19)8-6-12/h4-8,15-16H,1,9H2,2-3H3/t15?,16-/m0/s1. The first kappa shape index (κ1) is 18.3. The van der Waals surface area contributed by atoms with Crippen LogP contribution in [0.3, 0.4) is 0 Å². The summed E-state index contributed by atoms with van der Waals surface area (Å²) < 4.78 is 5.24. The van der Waals surface area contributed by atoms with E-state index in [1.165, 1.54) is 17.8 Å². The summed E-state index contributed by atoms with van der Waals surface area (Å²) >= 11 is 7.36. The lowest BCUT2D eigenvalue weighted by Crippen LogP contribution is -2.34. The van der Waals surface area contributed by atoms with Gasteiger partial charge in [0.15, 0.2) is 0 Å². The van der Waals surface area contributed by atoms with E-state index in [1.54, 1.807) is 19.1 Å². The smallest absolute Gasteiger partial charge is 0.315 e. The number of hydrogen-bond acceptors (Lipinski definition) is 5. The Morgan fingerprint density at radius 1 is 1.50 bits per heavy atom. The summed E-state index contributed by atoms with van der Waals surface area (Å²) in [6.07, 6.45) is 3.37. The Hall–Kier alpha value is -2.03. The summed E-state index contributed by atoms with van der Waals surface area (Å²) in [6, 6.07) is 9.37. The lowest BCUT2D eigenvalue weighted by molar-refractivity contribution is -0.145. The van der Waals surface area contributed by atoms with Crippen molar-refractivity contribution in [1.29, 1.82) is 5.26 Å². The molecule has 0 aromatic heterocycles. The molecule has 6 heteroatoms. The van der Waals surface area contributed by atoms with E-state index in [0.717, 1.165) is 5.56 Å². The molecule has 0 aliphatic carbocycles. The van der Waals surface area contributed by atoms with Gasteiger partial charge in [-0.3, -0.25) is 4.79 Å². The van der Waals surface area contributed by atoms with Crippen molar-refractivity contribution in [3.05, 3.63) is 58.1 Å². The van der Waals surface area contributed by atoms with E-state index in [4.69, 9.17) is 16.3 Å². The van der Waals surface area contributed by atoms with Gasteiger partial charge in [-0.15, -0.1) is 11.8 Å². The highest BCUT2D eigenvalue weighted by molar-refractivity contribution is 8.02. The average molecular weight is 361 g/mol. The molecular formula is C18H17ClN2O2S. The molecule has 0 saturated heterocycles. The van der Waals surface area contributed by atoms with Crippen LogP contribution in [0.25, 0.3) is 0 Å². The number of carbonyl (C=O) groups is 1. The van der Waals surface area contributed by atoms with Crippen molar-refractivity contribution in [2.45, 2.75) is 12.8 Å².